The van der Waals surface area contributed by atoms with Crippen molar-refractivity contribution in [2.45, 2.75) is 52.1 Å². The second kappa shape index (κ2) is 20.8. The monoisotopic (exact) mass is 988 g/mol. The Kier molecular flexibility index (Phi) is 14.7. The molecule has 7 aromatic heterocycles. The number of ether oxygens (including phenoxy) is 4. The summed E-state index contributed by atoms with van der Waals surface area (Å²) in [5.41, 5.74) is 4.73. The predicted molar refractivity (Wildman–Crippen MR) is 231 cm³/mol. The third-order valence-electron chi connectivity index (χ3n) is 9.90. The number of aryl methyl sites for hydroxylation is 2. The standard InChI is InChI=1S/C25H24F3N5O2S.C21H13N3O4.Ru/c1-3-4-5-6-7-20-22-23(35-9-8-34-22)24(36-20)15-11-16(18-10-14(2)30-31-18)29-17(12-15)19-13-21(33-32-19)25(26,27)28;25-12-27-15-6-8-22-19(9-15)20-11-16(28-13-26)10-18(24-20)17-5-1-3-14-4-2-7-23-21(14)17;/h10-13H,3-9H2,1-2H3;1-13H;/q-2;;+2. The van der Waals surface area contributed by atoms with Crippen LogP contribution in [0.1, 0.15) is 48.9 Å². The number of nitrogens with zero attached hydrogens (tertiary/aromatic N) is 8. The third kappa shape index (κ3) is 10.8. The first-order valence-corrected chi connectivity index (χ1v) is 21.0. The van der Waals surface area contributed by atoms with Gasteiger partial charge in [-0.05, 0) is 55.7 Å². The molecule has 14 nitrogen and oxygen atoms in total. The maximum absolute atomic E-state index is 13.2. The number of unbranched alkanes of at least 4 members (excludes halogenated alkanes) is 3. The SMILES string of the molecule is CCCCCCc1sc(-c2cc(-c3cc(C)n[n-]3)nc(-c3cc(C(F)(F)F)n[n-]3)c2)c2c1OCCO2.O=COc1ccnc(-c2cc(OC=O)cc(-c3cccc4cccnc34)n2)c1.[Ru+2]. The van der Waals surface area contributed by atoms with Crippen molar-refractivity contribution in [2.75, 3.05) is 13.2 Å². The Morgan fingerprint density at radius 3 is 2.15 bits per heavy atom. The van der Waals surface area contributed by atoms with Crippen LogP contribution in [-0.2, 0) is 41.7 Å². The first-order chi connectivity index (χ1) is 31.1. The van der Waals surface area contributed by atoms with Gasteiger partial charge in [-0.15, -0.1) is 11.3 Å². The molecule has 0 atom stereocenters. The van der Waals surface area contributed by atoms with Gasteiger partial charge in [0.1, 0.15) is 30.4 Å². The van der Waals surface area contributed by atoms with Crippen LogP contribution in [0.25, 0.3) is 66.8 Å². The van der Waals surface area contributed by atoms with E-state index in [0.29, 0.717) is 77.6 Å². The molecule has 8 aromatic rings. The Morgan fingerprint density at radius 1 is 0.738 bits per heavy atom. The van der Waals surface area contributed by atoms with Crippen LogP contribution in [0, 0.1) is 6.92 Å². The number of hydrogen-bond acceptors (Lipinski definition) is 13. The summed E-state index contributed by atoms with van der Waals surface area (Å²) in [6.07, 6.45) is 4.00. The van der Waals surface area contributed by atoms with Gasteiger partial charge in [-0.1, -0.05) is 67.9 Å². The smallest absolute Gasteiger partial charge is 0.574 e. The molecule has 8 heterocycles. The Balaban J connectivity index is 0.000000197. The molecule has 0 unspecified atom stereocenters. The topological polar surface area (TPSA) is 177 Å². The molecule has 0 spiro atoms. The summed E-state index contributed by atoms with van der Waals surface area (Å²) in [6, 6.07) is 22.2. The molecule has 0 amide bonds. The molecule has 0 fully saturated rings. The molecule has 0 aliphatic carbocycles. The zero-order chi connectivity index (χ0) is 44.6. The van der Waals surface area contributed by atoms with E-state index in [9.17, 15) is 22.8 Å². The van der Waals surface area contributed by atoms with Crippen molar-refractivity contribution in [1.29, 1.82) is 0 Å². The quantitative estimate of drug-likeness (QED) is 0.0572. The van der Waals surface area contributed by atoms with E-state index >= 15 is 0 Å². The van der Waals surface area contributed by atoms with Crippen LogP contribution in [0.15, 0.2) is 91.3 Å². The van der Waals surface area contributed by atoms with Gasteiger partial charge in [0.05, 0.1) is 43.7 Å². The number of benzene rings is 1. The van der Waals surface area contributed by atoms with E-state index in [0.717, 1.165) is 69.3 Å². The number of hydrogen-bond donors (Lipinski definition) is 0. The zero-order valence-electron chi connectivity index (χ0n) is 34.7. The molecule has 1 aliphatic heterocycles. The minimum absolute atomic E-state index is 0. The Labute approximate surface area is 386 Å². The third-order valence-corrected chi connectivity index (χ3v) is 11.2. The van der Waals surface area contributed by atoms with Crippen molar-refractivity contribution in [2.24, 2.45) is 0 Å². The summed E-state index contributed by atoms with van der Waals surface area (Å²) in [6.45, 7) is 5.58. The average Bonchev–Trinajstić information content (AvgIpc) is 4.08. The van der Waals surface area contributed by atoms with E-state index < -0.39 is 11.9 Å². The van der Waals surface area contributed by atoms with Crippen LogP contribution in [0.5, 0.6) is 23.0 Å². The largest absolute Gasteiger partial charge is 2.00 e. The number of alkyl halides is 3. The minimum atomic E-state index is -4.59. The number of thiophene rings is 1. The van der Waals surface area contributed by atoms with Gasteiger partial charge in [-0.25, -0.2) is 4.98 Å². The van der Waals surface area contributed by atoms with Crippen LogP contribution in [0.3, 0.4) is 0 Å². The fourth-order valence-electron chi connectivity index (χ4n) is 6.96. The van der Waals surface area contributed by atoms with Gasteiger partial charge in [-0.2, -0.15) is 13.2 Å². The Hall–Kier alpha value is -6.85. The number of fused-ring (bicyclic) bond motifs is 2. The van der Waals surface area contributed by atoms with Crippen molar-refractivity contribution in [1.82, 2.24) is 40.3 Å². The summed E-state index contributed by atoms with van der Waals surface area (Å²) in [5, 5.41) is 16.2. The summed E-state index contributed by atoms with van der Waals surface area (Å²) in [5.74, 6) is 2.06. The Morgan fingerprint density at radius 2 is 1.43 bits per heavy atom. The molecular weight excluding hydrogens is 951 g/mol. The fourth-order valence-corrected chi connectivity index (χ4v) is 8.18. The Bertz CT molecular complexity index is 2930. The van der Waals surface area contributed by atoms with Crippen molar-refractivity contribution < 1.29 is 61.2 Å². The predicted octanol–water partition coefficient (Wildman–Crippen LogP) is 9.50. The second-order valence-corrected chi connectivity index (χ2v) is 15.5. The van der Waals surface area contributed by atoms with Gasteiger partial charge in [0.25, 0.3) is 12.9 Å². The first kappa shape index (κ1) is 46.2. The van der Waals surface area contributed by atoms with E-state index in [-0.39, 0.29) is 30.9 Å². The normalized spacial score (nSPS) is 11.9. The molecule has 65 heavy (non-hydrogen) atoms. The second-order valence-electron chi connectivity index (χ2n) is 14.4. The molecule has 19 heteroatoms. The maximum Gasteiger partial charge on any atom is 2.00 e. The molecule has 0 bridgehead atoms. The number of carbonyl (C=O) groups is 2. The van der Waals surface area contributed by atoms with Crippen LogP contribution < -0.4 is 29.1 Å². The summed E-state index contributed by atoms with van der Waals surface area (Å²) >= 11 is 1.58. The van der Waals surface area contributed by atoms with Gasteiger partial charge in [0.2, 0.25) is 0 Å². The number of pyridine rings is 4. The van der Waals surface area contributed by atoms with E-state index in [2.05, 4.69) is 47.3 Å². The molecule has 332 valence electrons. The molecule has 0 saturated heterocycles. The van der Waals surface area contributed by atoms with E-state index in [1.165, 1.54) is 12.6 Å². The summed E-state index contributed by atoms with van der Waals surface area (Å²) in [4.78, 5) is 41.4. The molecule has 1 aromatic carbocycles. The molecule has 1 aliphatic rings. The zero-order valence-corrected chi connectivity index (χ0v) is 37.2. The van der Waals surface area contributed by atoms with Crippen molar-refractivity contribution in [3.63, 3.8) is 0 Å². The molecule has 0 saturated carbocycles. The number of halogens is 3. The van der Waals surface area contributed by atoms with Crippen molar-refractivity contribution >= 4 is 35.2 Å². The average molecular weight is 988 g/mol. The number of para-hydroxylation sites is 1. The maximum atomic E-state index is 13.2. The van der Waals surface area contributed by atoms with E-state index in [4.69, 9.17) is 18.9 Å². The van der Waals surface area contributed by atoms with Gasteiger partial charge >= 0.3 is 25.7 Å². The molecular formula is C46H37F3N8O6RuS. The number of aromatic nitrogens is 8. The number of rotatable bonds is 14. The van der Waals surface area contributed by atoms with Gasteiger partial charge in [-0.3, -0.25) is 24.5 Å². The van der Waals surface area contributed by atoms with E-state index in [1.54, 1.807) is 53.9 Å². The van der Waals surface area contributed by atoms with E-state index in [1.807, 2.05) is 43.3 Å². The first-order valence-electron chi connectivity index (χ1n) is 20.1. The van der Waals surface area contributed by atoms with Crippen molar-refractivity contribution in [3.8, 4) is 78.9 Å². The van der Waals surface area contributed by atoms with Crippen LogP contribution in [-0.4, -0.2) is 56.3 Å². The number of carbonyl (C=O) groups excluding carboxylic acids is 2. The molecule has 0 N–H and O–H groups in total. The van der Waals surface area contributed by atoms with Gasteiger partial charge in [0, 0.05) is 47.2 Å². The summed E-state index contributed by atoms with van der Waals surface area (Å²) < 4.78 is 61.5. The van der Waals surface area contributed by atoms with Crippen LogP contribution in [0.2, 0.25) is 0 Å². The molecule has 9 rings (SSSR count). The minimum Gasteiger partial charge on any atom is -0.574 e. The van der Waals surface area contributed by atoms with Gasteiger partial charge in [0.15, 0.2) is 11.5 Å². The molecule has 0 radical (unpaired) electrons. The van der Waals surface area contributed by atoms with Crippen molar-refractivity contribution in [3.05, 3.63) is 108 Å². The summed E-state index contributed by atoms with van der Waals surface area (Å²) in [7, 11) is 0. The fraction of sp³-hybridized carbons (Fsp3) is 0.217. The van der Waals surface area contributed by atoms with Crippen LogP contribution in [0.4, 0.5) is 13.2 Å². The van der Waals surface area contributed by atoms with Gasteiger partial charge < -0.3 is 39.3 Å². The van der Waals surface area contributed by atoms with Crippen LogP contribution >= 0.6 is 11.3 Å².